The third-order valence-corrected chi connectivity index (χ3v) is 4.25. The lowest BCUT2D eigenvalue weighted by Gasteiger charge is -2.00. The number of aromatic carboxylic acids is 1. The molecule has 2 aromatic carbocycles. The third kappa shape index (κ3) is 7.86. The number of alkyl halides is 1. The first-order valence-corrected chi connectivity index (χ1v) is 11.5. The Bertz CT molecular complexity index is 1120. The number of carbonyl (C=O) groups excluding carboxylic acids is 1. The van der Waals surface area contributed by atoms with Crippen molar-refractivity contribution in [2.45, 2.75) is 7.43 Å². The molecule has 0 atom stereocenters. The standard InChI is InChI=1S/C12H12N2O2.C10H8N2O2.CH3I.CH4/c1-14-7-11(13-8-14)9-3-5-10(6-4-9)12(15)16-2;13-10(14)8-3-1-7(2-4-8)9-5-11-6-12-9;1-2;/h3-8H,1-2H3;1-6H,(H,11,12)(H,13,14);1H3;1H4. The van der Waals surface area contributed by atoms with Crippen molar-refractivity contribution in [3.8, 4) is 22.5 Å². The molecule has 8 nitrogen and oxygen atoms in total. The van der Waals surface area contributed by atoms with E-state index >= 15 is 0 Å². The summed E-state index contributed by atoms with van der Waals surface area (Å²) in [4.78, 5) is 34.8. The van der Waals surface area contributed by atoms with E-state index in [-0.39, 0.29) is 19.0 Å². The summed E-state index contributed by atoms with van der Waals surface area (Å²) >= 11 is 2.15. The molecule has 0 unspecified atom stereocenters. The highest BCUT2D eigenvalue weighted by atomic mass is 127. The number of nitrogens with zero attached hydrogens (tertiary/aromatic N) is 3. The Hall–Kier alpha value is -3.47. The topological polar surface area (TPSA) is 110 Å². The van der Waals surface area contributed by atoms with Gasteiger partial charge in [0.05, 0.1) is 48.5 Å². The Balaban J connectivity index is 0.000000301. The van der Waals surface area contributed by atoms with Gasteiger partial charge in [0.15, 0.2) is 0 Å². The van der Waals surface area contributed by atoms with Crippen LogP contribution in [0.5, 0.6) is 0 Å². The number of halogens is 1. The second-order valence-electron chi connectivity index (χ2n) is 6.34. The summed E-state index contributed by atoms with van der Waals surface area (Å²) in [6, 6.07) is 13.8. The normalized spacial score (nSPS) is 9.33. The van der Waals surface area contributed by atoms with Crippen LogP contribution in [0.25, 0.3) is 22.5 Å². The van der Waals surface area contributed by atoms with Crippen LogP contribution in [0.2, 0.25) is 0 Å². The monoisotopic (exact) mass is 562 g/mol. The number of methoxy groups -OCH3 is 1. The molecule has 2 N–H and O–H groups in total. The van der Waals surface area contributed by atoms with E-state index < -0.39 is 5.97 Å². The van der Waals surface area contributed by atoms with E-state index in [2.05, 4.69) is 42.3 Å². The number of carboxylic acids is 1. The Morgan fingerprint density at radius 2 is 1.58 bits per heavy atom. The van der Waals surface area contributed by atoms with Gasteiger partial charge in [-0.25, -0.2) is 19.6 Å². The number of ether oxygens (including phenoxy) is 1. The second-order valence-corrected chi connectivity index (χ2v) is 6.34. The van der Waals surface area contributed by atoms with Crippen LogP contribution in [0.4, 0.5) is 0 Å². The summed E-state index contributed by atoms with van der Waals surface area (Å²) in [5.41, 5.74) is 4.50. The lowest BCUT2D eigenvalue weighted by molar-refractivity contribution is 0.0600. The van der Waals surface area contributed by atoms with Crippen LogP contribution in [-0.2, 0) is 11.8 Å². The summed E-state index contributed by atoms with van der Waals surface area (Å²) in [6.07, 6.45) is 6.94. The van der Waals surface area contributed by atoms with Crippen molar-refractivity contribution >= 4 is 34.5 Å². The van der Waals surface area contributed by atoms with Crippen molar-refractivity contribution < 1.29 is 19.4 Å². The largest absolute Gasteiger partial charge is 0.478 e. The zero-order valence-electron chi connectivity index (χ0n) is 17.8. The van der Waals surface area contributed by atoms with Crippen molar-refractivity contribution in [2.75, 3.05) is 12.0 Å². The summed E-state index contributed by atoms with van der Waals surface area (Å²) in [5, 5.41) is 8.69. The van der Waals surface area contributed by atoms with Gasteiger partial charge in [0.1, 0.15) is 0 Å². The number of hydrogen-bond acceptors (Lipinski definition) is 5. The van der Waals surface area contributed by atoms with Crippen molar-refractivity contribution in [3.05, 3.63) is 84.7 Å². The van der Waals surface area contributed by atoms with Gasteiger partial charge in [-0.1, -0.05) is 54.3 Å². The summed E-state index contributed by atoms with van der Waals surface area (Å²) in [6.45, 7) is 0. The molecule has 2 aromatic heterocycles. The van der Waals surface area contributed by atoms with Gasteiger partial charge < -0.3 is 19.4 Å². The molecule has 2 heterocycles. The first-order chi connectivity index (χ1) is 15.5. The van der Waals surface area contributed by atoms with Crippen LogP contribution in [0.3, 0.4) is 0 Å². The summed E-state index contributed by atoms with van der Waals surface area (Å²) in [7, 11) is 3.29. The van der Waals surface area contributed by atoms with E-state index in [1.807, 2.05) is 34.9 Å². The highest BCUT2D eigenvalue weighted by molar-refractivity contribution is 14.1. The van der Waals surface area contributed by atoms with Crippen LogP contribution in [0, 0.1) is 0 Å². The minimum Gasteiger partial charge on any atom is -0.478 e. The molecule has 33 heavy (non-hydrogen) atoms. The van der Waals surface area contributed by atoms with E-state index in [1.54, 1.807) is 55.2 Å². The molecule has 0 fully saturated rings. The van der Waals surface area contributed by atoms with Crippen LogP contribution < -0.4 is 0 Å². The van der Waals surface area contributed by atoms with Gasteiger partial charge in [0.2, 0.25) is 0 Å². The van der Waals surface area contributed by atoms with E-state index in [0.29, 0.717) is 5.56 Å². The summed E-state index contributed by atoms with van der Waals surface area (Å²) < 4.78 is 6.51. The fourth-order valence-electron chi connectivity index (χ4n) is 2.66. The number of imidazole rings is 2. The third-order valence-electron chi connectivity index (χ3n) is 4.25. The molecule has 0 saturated heterocycles. The van der Waals surface area contributed by atoms with Crippen LogP contribution in [0.1, 0.15) is 28.1 Å². The molecule has 0 radical (unpaired) electrons. The van der Waals surface area contributed by atoms with Gasteiger partial charge in [-0.3, -0.25) is 0 Å². The second kappa shape index (κ2) is 13.8. The van der Waals surface area contributed by atoms with Crippen molar-refractivity contribution in [3.63, 3.8) is 0 Å². The number of aryl methyl sites for hydroxylation is 1. The first kappa shape index (κ1) is 27.6. The molecular weight excluding hydrogens is 535 g/mol. The number of aromatic amines is 1. The fraction of sp³-hybridized carbons (Fsp3) is 0.167. The maximum Gasteiger partial charge on any atom is 0.337 e. The van der Waals surface area contributed by atoms with Crippen molar-refractivity contribution in [1.29, 1.82) is 0 Å². The number of benzene rings is 2. The van der Waals surface area contributed by atoms with Gasteiger partial charge >= 0.3 is 11.9 Å². The number of carboxylic acid groups (broad SMARTS) is 1. The average Bonchev–Trinajstić information content (AvgIpc) is 3.53. The fourth-order valence-corrected chi connectivity index (χ4v) is 2.66. The minimum absolute atomic E-state index is 0. The number of rotatable bonds is 4. The van der Waals surface area contributed by atoms with E-state index in [1.165, 1.54) is 7.11 Å². The number of carbonyl (C=O) groups is 2. The van der Waals surface area contributed by atoms with Crippen LogP contribution >= 0.6 is 22.6 Å². The Labute approximate surface area is 206 Å². The Kier molecular flexibility index (Phi) is 11.6. The Morgan fingerprint density at radius 3 is 2.03 bits per heavy atom. The van der Waals surface area contributed by atoms with Gasteiger partial charge in [0, 0.05) is 18.8 Å². The predicted octanol–water partition coefficient (Wildman–Crippen LogP) is 5.34. The SMILES string of the molecule is C.CI.COC(=O)c1ccc(-c2cn(C)cn2)cc1.O=C(O)c1ccc(-c2cnc[nH]2)cc1. The molecule has 0 saturated carbocycles. The van der Waals surface area contributed by atoms with Crippen molar-refractivity contribution in [2.24, 2.45) is 7.05 Å². The smallest absolute Gasteiger partial charge is 0.337 e. The zero-order valence-corrected chi connectivity index (χ0v) is 20.0. The van der Waals surface area contributed by atoms with Crippen LogP contribution in [-0.4, -0.2) is 48.6 Å². The molecule has 0 bridgehead atoms. The minimum atomic E-state index is -0.916. The number of hydrogen-bond donors (Lipinski definition) is 2. The molecule has 0 aliphatic rings. The summed E-state index contributed by atoms with van der Waals surface area (Å²) in [5.74, 6) is -1.24. The molecule has 0 spiro atoms. The molecule has 4 rings (SSSR count). The lowest BCUT2D eigenvalue weighted by atomic mass is 10.1. The van der Waals surface area contributed by atoms with Crippen LogP contribution in [0.15, 0.2) is 73.6 Å². The number of esters is 1. The van der Waals surface area contributed by atoms with Gasteiger partial charge in [0.25, 0.3) is 0 Å². The maximum atomic E-state index is 11.2. The zero-order chi connectivity index (χ0) is 23.5. The van der Waals surface area contributed by atoms with E-state index in [0.717, 1.165) is 22.5 Å². The molecule has 9 heteroatoms. The van der Waals surface area contributed by atoms with Gasteiger partial charge in [-0.2, -0.15) is 0 Å². The molecule has 0 aliphatic carbocycles. The Morgan fingerprint density at radius 1 is 1.00 bits per heavy atom. The molecule has 174 valence electrons. The highest BCUT2D eigenvalue weighted by Gasteiger charge is 2.06. The molecule has 0 aliphatic heterocycles. The molecule has 0 amide bonds. The quantitative estimate of drug-likeness (QED) is 0.198. The average molecular weight is 562 g/mol. The lowest BCUT2D eigenvalue weighted by Crippen LogP contribution is -2.00. The maximum absolute atomic E-state index is 11.2. The molecular formula is C24H27IN4O4. The number of H-pyrrole nitrogens is 1. The first-order valence-electron chi connectivity index (χ1n) is 9.34. The highest BCUT2D eigenvalue weighted by Crippen LogP contribution is 2.18. The van der Waals surface area contributed by atoms with Crippen molar-refractivity contribution in [1.82, 2.24) is 19.5 Å². The van der Waals surface area contributed by atoms with Gasteiger partial charge in [-0.05, 0) is 34.8 Å². The molecule has 4 aromatic rings. The predicted molar refractivity (Wildman–Crippen MR) is 138 cm³/mol. The van der Waals surface area contributed by atoms with E-state index in [9.17, 15) is 9.59 Å². The number of nitrogens with one attached hydrogen (secondary N) is 1. The van der Waals surface area contributed by atoms with E-state index in [4.69, 9.17) is 5.11 Å². The number of aromatic nitrogens is 4. The van der Waals surface area contributed by atoms with Gasteiger partial charge in [-0.15, -0.1) is 0 Å².